The fourth-order valence-corrected chi connectivity index (χ4v) is 4.62. The van der Waals surface area contributed by atoms with Crippen LogP contribution in [-0.2, 0) is 15.9 Å². The van der Waals surface area contributed by atoms with Crippen molar-refractivity contribution >= 4 is 11.6 Å². The Morgan fingerprint density at radius 2 is 1.74 bits per heavy atom. The summed E-state index contributed by atoms with van der Waals surface area (Å²) in [6.45, 7) is 3.69. The summed E-state index contributed by atoms with van der Waals surface area (Å²) >= 11 is 6.65. The maximum absolute atomic E-state index is 10.8. The molecule has 8 heteroatoms. The molecule has 186 valence electrons. The number of hydrogen-bond donors (Lipinski definition) is 3. The highest BCUT2D eigenvalue weighted by Gasteiger charge is 2.45. The molecule has 2 aromatic rings. The second-order valence-electron chi connectivity index (χ2n) is 8.79. The van der Waals surface area contributed by atoms with Gasteiger partial charge in [-0.3, -0.25) is 0 Å². The van der Waals surface area contributed by atoms with Gasteiger partial charge in [0.1, 0.15) is 42.0 Å². The van der Waals surface area contributed by atoms with E-state index in [4.69, 9.17) is 30.5 Å². The molecule has 1 saturated heterocycles. The molecule has 0 saturated carbocycles. The molecule has 0 aliphatic carbocycles. The molecule has 4 rings (SSSR count). The Morgan fingerprint density at radius 1 is 0.971 bits per heavy atom. The zero-order chi connectivity index (χ0) is 24.1. The number of fused-ring (bicyclic) bond motifs is 4. The van der Waals surface area contributed by atoms with Crippen LogP contribution in [0.3, 0.4) is 0 Å². The second-order valence-corrected chi connectivity index (χ2v) is 9.19. The lowest BCUT2D eigenvalue weighted by atomic mass is 9.89. The zero-order valence-corrected chi connectivity index (χ0v) is 20.1. The first-order valence-electron chi connectivity index (χ1n) is 11.9. The molecule has 2 aliphatic rings. The summed E-state index contributed by atoms with van der Waals surface area (Å²) in [4.78, 5) is 0. The number of benzene rings is 2. The van der Waals surface area contributed by atoms with Crippen molar-refractivity contribution in [1.82, 2.24) is 0 Å². The van der Waals surface area contributed by atoms with Crippen LogP contribution in [0.25, 0.3) is 0 Å². The molecule has 2 aliphatic heterocycles. The third kappa shape index (κ3) is 5.85. The van der Waals surface area contributed by atoms with Gasteiger partial charge in [0.05, 0.1) is 19.8 Å². The quantitative estimate of drug-likeness (QED) is 0.601. The smallest absolute Gasteiger partial charge is 0.126 e. The number of rotatable bonds is 4. The number of ether oxygens (including phenoxy) is 4. The van der Waals surface area contributed by atoms with Crippen LogP contribution in [0.5, 0.6) is 11.5 Å². The highest BCUT2D eigenvalue weighted by Crippen LogP contribution is 2.40. The minimum absolute atomic E-state index is 0.129. The van der Waals surface area contributed by atoms with Gasteiger partial charge >= 0.3 is 0 Å². The van der Waals surface area contributed by atoms with E-state index < -0.39 is 30.5 Å². The van der Waals surface area contributed by atoms with E-state index in [1.165, 1.54) is 0 Å². The van der Waals surface area contributed by atoms with Gasteiger partial charge in [-0.1, -0.05) is 23.7 Å². The van der Waals surface area contributed by atoms with Crippen molar-refractivity contribution in [3.05, 3.63) is 58.1 Å². The minimum Gasteiger partial charge on any atom is -0.494 e. The summed E-state index contributed by atoms with van der Waals surface area (Å²) in [7, 11) is 0. The van der Waals surface area contributed by atoms with E-state index in [1.807, 2.05) is 37.3 Å². The molecule has 0 aromatic heterocycles. The molecular formula is C26H33ClO7. The fourth-order valence-electron chi connectivity index (χ4n) is 4.40. The van der Waals surface area contributed by atoms with Crippen LogP contribution in [-0.4, -0.2) is 66.2 Å². The Hall–Kier alpha value is -1.87. The lowest BCUT2D eigenvalue weighted by molar-refractivity contribution is -0.235. The largest absolute Gasteiger partial charge is 0.494 e. The molecular weight excluding hydrogens is 460 g/mol. The highest BCUT2D eigenvalue weighted by molar-refractivity contribution is 6.31. The van der Waals surface area contributed by atoms with Gasteiger partial charge in [-0.05, 0) is 68.0 Å². The summed E-state index contributed by atoms with van der Waals surface area (Å²) in [5, 5.41) is 32.4. The predicted octanol–water partition coefficient (Wildman–Crippen LogP) is 3.43. The van der Waals surface area contributed by atoms with E-state index in [0.717, 1.165) is 36.1 Å². The number of aliphatic hydroxyl groups is 3. The molecule has 2 aromatic carbocycles. The Balaban J connectivity index is 1.67. The molecule has 2 heterocycles. The minimum atomic E-state index is -1.38. The van der Waals surface area contributed by atoms with Crippen molar-refractivity contribution in [1.29, 1.82) is 0 Å². The molecule has 7 nitrogen and oxygen atoms in total. The maximum atomic E-state index is 10.8. The monoisotopic (exact) mass is 492 g/mol. The standard InChI is InChI=1S/C26H33ClO7/c1-2-32-18-8-6-16(7-9-18)12-17-13-19-21(14-20(17)27)33-11-5-3-4-10-31-15-22-23(28)24(29)25(30)26(19)34-22/h6-9,13-14,22-26,28-30H,2-5,10-12,15H2,1H3. The average molecular weight is 493 g/mol. The van der Waals surface area contributed by atoms with Crippen LogP contribution in [0.15, 0.2) is 36.4 Å². The molecule has 34 heavy (non-hydrogen) atoms. The van der Waals surface area contributed by atoms with E-state index >= 15 is 0 Å². The van der Waals surface area contributed by atoms with E-state index in [2.05, 4.69) is 0 Å². The first-order chi connectivity index (χ1) is 16.5. The third-order valence-electron chi connectivity index (χ3n) is 6.30. The lowest BCUT2D eigenvalue weighted by Crippen LogP contribution is -2.55. The molecule has 5 unspecified atom stereocenters. The van der Waals surface area contributed by atoms with Gasteiger partial charge in [0.15, 0.2) is 0 Å². The van der Waals surface area contributed by atoms with Crippen molar-refractivity contribution in [2.75, 3.05) is 26.4 Å². The van der Waals surface area contributed by atoms with Crippen LogP contribution in [0.1, 0.15) is 49.0 Å². The molecule has 3 N–H and O–H groups in total. The van der Waals surface area contributed by atoms with Crippen LogP contribution in [0.2, 0.25) is 5.02 Å². The second kappa shape index (κ2) is 11.7. The van der Waals surface area contributed by atoms with E-state index in [1.54, 1.807) is 6.07 Å². The Labute approximate surface area is 205 Å². The number of halogens is 1. The molecule has 0 amide bonds. The fraction of sp³-hybridized carbons (Fsp3) is 0.538. The predicted molar refractivity (Wildman–Crippen MR) is 128 cm³/mol. The lowest BCUT2D eigenvalue weighted by Gasteiger charge is -2.41. The van der Waals surface area contributed by atoms with Crippen molar-refractivity contribution in [2.45, 2.75) is 63.1 Å². The summed E-state index contributed by atoms with van der Waals surface area (Å²) in [6.07, 6.45) is -2.46. The van der Waals surface area contributed by atoms with Crippen LogP contribution >= 0.6 is 11.6 Å². The van der Waals surface area contributed by atoms with E-state index in [-0.39, 0.29) is 6.61 Å². The Kier molecular flexibility index (Phi) is 8.69. The number of aliphatic hydroxyl groups excluding tert-OH is 3. The van der Waals surface area contributed by atoms with Gasteiger partial charge < -0.3 is 34.3 Å². The SMILES string of the molecule is CCOc1ccc(Cc2cc3c(cc2Cl)OCCCCCOCC2OC3C(O)C(O)C2O)cc1. The van der Waals surface area contributed by atoms with E-state index in [9.17, 15) is 15.3 Å². The first kappa shape index (κ1) is 25.2. The van der Waals surface area contributed by atoms with Crippen molar-refractivity contribution in [3.63, 3.8) is 0 Å². The molecule has 0 spiro atoms. The average Bonchev–Trinajstić information content (AvgIpc) is 2.84. The summed E-state index contributed by atoms with van der Waals surface area (Å²) in [6, 6.07) is 11.4. The molecule has 1 fully saturated rings. The Bertz CT molecular complexity index is 935. The highest BCUT2D eigenvalue weighted by atomic mass is 35.5. The van der Waals surface area contributed by atoms with Crippen molar-refractivity contribution in [2.24, 2.45) is 0 Å². The number of hydrogen-bond acceptors (Lipinski definition) is 7. The van der Waals surface area contributed by atoms with Crippen LogP contribution < -0.4 is 9.47 Å². The first-order valence-corrected chi connectivity index (χ1v) is 12.3. The maximum Gasteiger partial charge on any atom is 0.126 e. The van der Waals surface area contributed by atoms with Gasteiger partial charge in [0.2, 0.25) is 0 Å². The summed E-state index contributed by atoms with van der Waals surface area (Å²) < 4.78 is 23.3. The van der Waals surface area contributed by atoms with Gasteiger partial charge in [0, 0.05) is 17.2 Å². The zero-order valence-electron chi connectivity index (χ0n) is 19.4. The molecule has 0 radical (unpaired) electrons. The van der Waals surface area contributed by atoms with Crippen LogP contribution in [0, 0.1) is 0 Å². The summed E-state index contributed by atoms with van der Waals surface area (Å²) in [5.41, 5.74) is 2.47. The third-order valence-corrected chi connectivity index (χ3v) is 6.65. The van der Waals surface area contributed by atoms with Gasteiger partial charge in [-0.25, -0.2) is 0 Å². The van der Waals surface area contributed by atoms with Gasteiger partial charge in [-0.15, -0.1) is 0 Å². The van der Waals surface area contributed by atoms with Gasteiger partial charge in [0.25, 0.3) is 0 Å². The normalized spacial score (nSPS) is 28.0. The van der Waals surface area contributed by atoms with Crippen molar-refractivity contribution < 1.29 is 34.3 Å². The van der Waals surface area contributed by atoms with E-state index in [0.29, 0.717) is 42.6 Å². The molecule has 2 bridgehead atoms. The topological polar surface area (TPSA) is 97.6 Å². The van der Waals surface area contributed by atoms with Gasteiger partial charge in [-0.2, -0.15) is 0 Å². The van der Waals surface area contributed by atoms with Crippen molar-refractivity contribution in [3.8, 4) is 11.5 Å². The molecule has 5 atom stereocenters. The Morgan fingerprint density at radius 3 is 2.50 bits per heavy atom. The summed E-state index contributed by atoms with van der Waals surface area (Å²) in [5.74, 6) is 1.31. The van der Waals surface area contributed by atoms with Crippen LogP contribution in [0.4, 0.5) is 0 Å².